The van der Waals surface area contributed by atoms with Crippen LogP contribution in [0, 0.1) is 11.7 Å². The van der Waals surface area contributed by atoms with E-state index in [0.717, 1.165) is 62.8 Å². The highest BCUT2D eigenvalue weighted by molar-refractivity contribution is 5.88. The minimum absolute atomic E-state index is 0.340. The molecule has 6 nitrogen and oxygen atoms in total. The van der Waals surface area contributed by atoms with Gasteiger partial charge in [-0.15, -0.1) is 0 Å². The van der Waals surface area contributed by atoms with E-state index < -0.39 is 11.8 Å². The second-order valence-electron chi connectivity index (χ2n) is 7.11. The number of hydrogen-bond acceptors (Lipinski definition) is 5. The van der Waals surface area contributed by atoms with E-state index in [2.05, 4.69) is 21.8 Å². The Morgan fingerprint density at radius 3 is 2.61 bits per heavy atom. The first-order valence-corrected chi connectivity index (χ1v) is 9.78. The van der Waals surface area contributed by atoms with Gasteiger partial charge in [0.15, 0.2) is 0 Å². The van der Waals surface area contributed by atoms with Gasteiger partial charge >= 0.3 is 5.97 Å². The van der Waals surface area contributed by atoms with Crippen molar-refractivity contribution in [3.05, 3.63) is 47.5 Å². The van der Waals surface area contributed by atoms with Gasteiger partial charge in [-0.1, -0.05) is 6.92 Å². The summed E-state index contributed by atoms with van der Waals surface area (Å²) < 4.78 is 19.2. The number of piperidine rings is 1. The van der Waals surface area contributed by atoms with Crippen LogP contribution in [-0.4, -0.2) is 40.7 Å². The zero-order valence-corrected chi connectivity index (χ0v) is 16.1. The van der Waals surface area contributed by atoms with Crippen LogP contribution in [0.1, 0.15) is 48.5 Å². The third-order valence-electron chi connectivity index (χ3n) is 5.19. The van der Waals surface area contributed by atoms with Crippen molar-refractivity contribution in [1.29, 1.82) is 0 Å². The molecule has 7 heteroatoms. The minimum atomic E-state index is -1.28. The zero-order chi connectivity index (χ0) is 19.9. The highest BCUT2D eigenvalue weighted by Crippen LogP contribution is 2.24. The fourth-order valence-electron chi connectivity index (χ4n) is 3.44. The van der Waals surface area contributed by atoms with Crippen LogP contribution in [0.3, 0.4) is 0 Å². The number of carboxylic acids is 1. The van der Waals surface area contributed by atoms with Crippen LogP contribution < -0.4 is 9.64 Å². The van der Waals surface area contributed by atoms with Crippen molar-refractivity contribution < 1.29 is 19.0 Å². The number of aromatic carboxylic acids is 1. The fraction of sp³-hybridized carbons (Fsp3) is 0.476. The van der Waals surface area contributed by atoms with E-state index in [1.807, 2.05) is 12.4 Å². The lowest BCUT2D eigenvalue weighted by Crippen LogP contribution is -2.35. The molecule has 1 fully saturated rings. The first-order chi connectivity index (χ1) is 13.6. The van der Waals surface area contributed by atoms with Crippen LogP contribution in [-0.2, 0) is 6.42 Å². The van der Waals surface area contributed by atoms with E-state index in [4.69, 9.17) is 9.84 Å². The number of nitrogens with zero attached hydrogens (tertiary/aromatic N) is 3. The molecular formula is C21H26FN3O3. The topological polar surface area (TPSA) is 75.6 Å². The number of carboxylic acid groups (broad SMARTS) is 1. The minimum Gasteiger partial charge on any atom is -0.493 e. The summed E-state index contributed by atoms with van der Waals surface area (Å²) in [5, 5.41) is 8.84. The molecule has 0 amide bonds. The fourth-order valence-corrected chi connectivity index (χ4v) is 3.44. The number of benzene rings is 1. The Balaban J connectivity index is 1.37. The summed E-state index contributed by atoms with van der Waals surface area (Å²) >= 11 is 0. The summed E-state index contributed by atoms with van der Waals surface area (Å²) in [4.78, 5) is 22.0. The molecule has 1 aliphatic heterocycles. The summed E-state index contributed by atoms with van der Waals surface area (Å²) in [7, 11) is 0. The molecule has 1 aliphatic rings. The van der Waals surface area contributed by atoms with Gasteiger partial charge in [0.25, 0.3) is 0 Å². The highest BCUT2D eigenvalue weighted by Gasteiger charge is 2.20. The molecule has 0 saturated carbocycles. The second-order valence-corrected chi connectivity index (χ2v) is 7.11. The Morgan fingerprint density at radius 2 is 2.00 bits per heavy atom. The van der Waals surface area contributed by atoms with E-state index in [0.29, 0.717) is 18.3 Å². The summed E-state index contributed by atoms with van der Waals surface area (Å²) in [6.07, 6.45) is 8.88. The van der Waals surface area contributed by atoms with E-state index in [1.165, 1.54) is 12.1 Å². The van der Waals surface area contributed by atoms with Gasteiger partial charge in [-0.05, 0) is 55.7 Å². The molecule has 1 saturated heterocycles. The number of halogens is 1. The molecular weight excluding hydrogens is 361 g/mol. The third-order valence-corrected chi connectivity index (χ3v) is 5.19. The molecule has 0 radical (unpaired) electrons. The molecule has 3 rings (SSSR count). The zero-order valence-electron chi connectivity index (χ0n) is 16.1. The average Bonchev–Trinajstić information content (AvgIpc) is 2.71. The Bertz CT molecular complexity index is 790. The maximum Gasteiger partial charge on any atom is 0.338 e. The van der Waals surface area contributed by atoms with Crippen LogP contribution in [0.15, 0.2) is 30.6 Å². The molecule has 1 aromatic carbocycles. The van der Waals surface area contributed by atoms with Crippen LogP contribution in [0.5, 0.6) is 5.75 Å². The lowest BCUT2D eigenvalue weighted by molar-refractivity contribution is 0.0692. The molecule has 0 unspecified atom stereocenters. The first kappa shape index (κ1) is 20.0. The Morgan fingerprint density at radius 1 is 1.29 bits per heavy atom. The summed E-state index contributed by atoms with van der Waals surface area (Å²) in [6.45, 7) is 4.50. The molecule has 0 spiro atoms. The van der Waals surface area contributed by atoms with Gasteiger partial charge in [-0.2, -0.15) is 0 Å². The third kappa shape index (κ3) is 5.18. The molecule has 28 heavy (non-hydrogen) atoms. The summed E-state index contributed by atoms with van der Waals surface area (Å²) in [6, 6.07) is 3.86. The predicted octanol–water partition coefficient (Wildman–Crippen LogP) is 3.95. The van der Waals surface area contributed by atoms with Gasteiger partial charge in [-0.3, -0.25) is 0 Å². The monoisotopic (exact) mass is 387 g/mol. The van der Waals surface area contributed by atoms with Crippen LogP contribution in [0.4, 0.5) is 10.3 Å². The molecule has 0 bridgehead atoms. The van der Waals surface area contributed by atoms with E-state index in [1.54, 1.807) is 0 Å². The smallest absolute Gasteiger partial charge is 0.338 e. The molecule has 150 valence electrons. The largest absolute Gasteiger partial charge is 0.493 e. The number of hydrogen-bond donors (Lipinski definition) is 1. The number of aromatic nitrogens is 2. The van der Waals surface area contributed by atoms with Crippen molar-refractivity contribution in [2.75, 3.05) is 24.6 Å². The van der Waals surface area contributed by atoms with Gasteiger partial charge in [0, 0.05) is 31.5 Å². The molecule has 1 N–H and O–H groups in total. The van der Waals surface area contributed by atoms with E-state index in [9.17, 15) is 9.18 Å². The molecule has 2 heterocycles. The maximum atomic E-state index is 13.6. The normalized spacial score (nSPS) is 14.9. The molecule has 2 aromatic rings. The van der Waals surface area contributed by atoms with E-state index in [-0.39, 0.29) is 5.56 Å². The first-order valence-electron chi connectivity index (χ1n) is 9.78. The highest BCUT2D eigenvalue weighted by atomic mass is 19.1. The summed E-state index contributed by atoms with van der Waals surface area (Å²) in [5.41, 5.74) is 0.809. The van der Waals surface area contributed by atoms with Crippen LogP contribution in [0.25, 0.3) is 0 Å². The van der Waals surface area contributed by atoms with Crippen molar-refractivity contribution in [2.24, 2.45) is 5.92 Å². The number of aryl methyl sites for hydroxylation is 1. The average molecular weight is 387 g/mol. The van der Waals surface area contributed by atoms with Gasteiger partial charge in [0.05, 0.1) is 12.2 Å². The quantitative estimate of drug-likeness (QED) is 0.691. The van der Waals surface area contributed by atoms with Crippen molar-refractivity contribution in [3.8, 4) is 5.75 Å². The maximum absolute atomic E-state index is 13.6. The lowest BCUT2D eigenvalue weighted by atomic mass is 9.92. The second kappa shape index (κ2) is 9.48. The van der Waals surface area contributed by atoms with Crippen molar-refractivity contribution >= 4 is 11.9 Å². The predicted molar refractivity (Wildman–Crippen MR) is 104 cm³/mol. The van der Waals surface area contributed by atoms with Crippen molar-refractivity contribution in [3.63, 3.8) is 0 Å². The van der Waals surface area contributed by atoms with E-state index >= 15 is 0 Å². The van der Waals surface area contributed by atoms with Gasteiger partial charge < -0.3 is 14.7 Å². The number of ether oxygens (including phenoxy) is 1. The number of carbonyl (C=O) groups is 1. The molecule has 1 aromatic heterocycles. The SMILES string of the molecule is CCc1cnc(N2CCC(CCCOc3ccc(C(=O)O)c(F)c3)CC2)nc1. The lowest BCUT2D eigenvalue weighted by Gasteiger charge is -2.32. The van der Waals surface area contributed by atoms with Crippen molar-refractivity contribution in [1.82, 2.24) is 9.97 Å². The Hall–Kier alpha value is -2.70. The van der Waals surface area contributed by atoms with Crippen molar-refractivity contribution in [2.45, 2.75) is 39.0 Å². The number of anilines is 1. The van der Waals surface area contributed by atoms with Gasteiger partial charge in [-0.25, -0.2) is 19.2 Å². The van der Waals surface area contributed by atoms with Crippen LogP contribution >= 0.6 is 0 Å². The molecule has 0 atom stereocenters. The number of rotatable bonds is 8. The van der Waals surface area contributed by atoms with Crippen LogP contribution in [0.2, 0.25) is 0 Å². The van der Waals surface area contributed by atoms with Gasteiger partial charge in [0.1, 0.15) is 11.6 Å². The van der Waals surface area contributed by atoms with Gasteiger partial charge in [0.2, 0.25) is 5.95 Å². The standard InChI is InChI=1S/C21H26FN3O3/c1-2-15-13-23-21(24-14-15)25-9-7-16(8-10-25)4-3-11-28-17-5-6-18(20(26)27)19(22)12-17/h5-6,12-14,16H,2-4,7-11H2,1H3,(H,26,27). The molecule has 0 aliphatic carbocycles. The Kier molecular flexibility index (Phi) is 6.79. The Labute approximate surface area is 164 Å². The summed E-state index contributed by atoms with van der Waals surface area (Å²) in [5.74, 6) is -0.231.